The normalized spacial score (nSPS) is 22.9. The van der Waals surface area contributed by atoms with Gasteiger partial charge in [-0.3, -0.25) is 19.6 Å². The highest BCUT2D eigenvalue weighted by Gasteiger charge is 2.28. The third-order valence-corrected chi connectivity index (χ3v) is 5.82. The minimum atomic E-state index is 0.0924. The summed E-state index contributed by atoms with van der Waals surface area (Å²) in [5.41, 5.74) is 1.22. The number of rotatable bonds is 8. The van der Waals surface area contributed by atoms with Crippen LogP contribution in [0.2, 0.25) is 0 Å². The molecule has 3 heterocycles. The van der Waals surface area contributed by atoms with Gasteiger partial charge in [-0.25, -0.2) is 0 Å². The Kier molecular flexibility index (Phi) is 8.25. The summed E-state index contributed by atoms with van der Waals surface area (Å²) in [5, 5.41) is 3.28. The van der Waals surface area contributed by atoms with Gasteiger partial charge in [-0.2, -0.15) is 0 Å². The van der Waals surface area contributed by atoms with Gasteiger partial charge in [0.1, 0.15) is 0 Å². The molecule has 1 amide bonds. The zero-order chi connectivity index (χ0) is 19.8. The number of piperidine rings is 1. The maximum absolute atomic E-state index is 12.9. The molecule has 0 bridgehead atoms. The quantitative estimate of drug-likeness (QED) is 0.740. The van der Waals surface area contributed by atoms with Gasteiger partial charge in [-0.15, -0.1) is 0 Å². The molecule has 2 aliphatic rings. The van der Waals surface area contributed by atoms with E-state index in [9.17, 15) is 4.79 Å². The second-order valence-corrected chi connectivity index (χ2v) is 8.61. The second-order valence-electron chi connectivity index (χ2n) is 8.61. The molecule has 6 heteroatoms. The largest absolute Gasteiger partial charge is 0.379 e. The van der Waals surface area contributed by atoms with Gasteiger partial charge in [0.25, 0.3) is 0 Å². The lowest BCUT2D eigenvalue weighted by Gasteiger charge is -2.36. The number of hydrogen-bond donors (Lipinski definition) is 1. The lowest BCUT2D eigenvalue weighted by atomic mass is 9.96. The Labute approximate surface area is 169 Å². The van der Waals surface area contributed by atoms with Gasteiger partial charge in [0.05, 0.1) is 19.1 Å². The number of nitrogens with zero attached hydrogens (tertiary/aromatic N) is 3. The van der Waals surface area contributed by atoms with Gasteiger partial charge in [0.15, 0.2) is 0 Å². The summed E-state index contributed by atoms with van der Waals surface area (Å²) < 4.78 is 5.50. The van der Waals surface area contributed by atoms with Crippen LogP contribution in [-0.4, -0.2) is 72.7 Å². The first kappa shape index (κ1) is 21.2. The average Bonchev–Trinajstić information content (AvgIpc) is 2.72. The molecule has 2 atom stereocenters. The third kappa shape index (κ3) is 6.54. The van der Waals surface area contributed by atoms with Crippen LogP contribution < -0.4 is 5.32 Å². The molecule has 1 aromatic heterocycles. The Morgan fingerprint density at radius 3 is 2.86 bits per heavy atom. The van der Waals surface area contributed by atoms with Gasteiger partial charge in [-0.05, 0) is 43.4 Å². The maximum Gasteiger partial charge on any atom is 0.224 e. The number of aromatic nitrogens is 1. The molecule has 0 aliphatic carbocycles. The molecule has 2 saturated heterocycles. The van der Waals surface area contributed by atoms with Crippen molar-refractivity contribution in [2.24, 2.45) is 11.8 Å². The van der Waals surface area contributed by atoms with Crippen LogP contribution in [0.15, 0.2) is 24.5 Å². The molecule has 3 rings (SSSR count). The van der Waals surface area contributed by atoms with Crippen molar-refractivity contribution in [1.82, 2.24) is 20.1 Å². The van der Waals surface area contributed by atoms with Gasteiger partial charge in [0.2, 0.25) is 5.91 Å². The fraction of sp³-hybridized carbons (Fsp3) is 0.727. The van der Waals surface area contributed by atoms with Crippen LogP contribution in [0.5, 0.6) is 0 Å². The molecule has 2 aliphatic heterocycles. The van der Waals surface area contributed by atoms with Crippen molar-refractivity contribution in [3.8, 4) is 0 Å². The zero-order valence-electron chi connectivity index (χ0n) is 17.5. The van der Waals surface area contributed by atoms with Crippen LogP contribution >= 0.6 is 0 Å². The van der Waals surface area contributed by atoms with Crippen molar-refractivity contribution in [3.05, 3.63) is 30.1 Å². The summed E-state index contributed by atoms with van der Waals surface area (Å²) >= 11 is 0. The summed E-state index contributed by atoms with van der Waals surface area (Å²) in [5.74, 6) is 0.933. The molecule has 6 nitrogen and oxygen atoms in total. The van der Waals surface area contributed by atoms with Crippen molar-refractivity contribution in [2.75, 3.05) is 45.9 Å². The first-order valence-corrected chi connectivity index (χ1v) is 10.8. The van der Waals surface area contributed by atoms with E-state index in [-0.39, 0.29) is 11.8 Å². The van der Waals surface area contributed by atoms with Crippen LogP contribution in [-0.2, 0) is 16.1 Å². The van der Waals surface area contributed by atoms with E-state index in [1.807, 2.05) is 12.3 Å². The van der Waals surface area contributed by atoms with Crippen LogP contribution in [0, 0.1) is 11.8 Å². The molecule has 156 valence electrons. The van der Waals surface area contributed by atoms with E-state index >= 15 is 0 Å². The van der Waals surface area contributed by atoms with Gasteiger partial charge in [-0.1, -0.05) is 19.9 Å². The number of pyridine rings is 1. The standard InChI is InChI=1S/C22H36N4O2/c1-18(2)13-21(26-9-11-28-12-10-26)15-24-22(27)20-6-4-8-25(17-20)16-19-5-3-7-23-14-19/h3,5,7,14,18,20-21H,4,6,8-13,15-17H2,1-2H3,(H,24,27)/t20-,21-/m0/s1. The van der Waals surface area contributed by atoms with E-state index in [1.165, 1.54) is 5.56 Å². The second kappa shape index (κ2) is 10.9. The molecule has 0 radical (unpaired) electrons. The van der Waals surface area contributed by atoms with Crippen LogP contribution in [0.1, 0.15) is 38.7 Å². The minimum absolute atomic E-state index is 0.0924. The molecule has 0 unspecified atom stereocenters. The summed E-state index contributed by atoms with van der Waals surface area (Å²) in [6.07, 6.45) is 6.90. The van der Waals surface area contributed by atoms with Crippen molar-refractivity contribution in [1.29, 1.82) is 0 Å². The molecule has 28 heavy (non-hydrogen) atoms. The predicted molar refractivity (Wildman–Crippen MR) is 111 cm³/mol. The highest BCUT2D eigenvalue weighted by atomic mass is 16.5. The molecule has 0 aromatic carbocycles. The van der Waals surface area contributed by atoms with Gasteiger partial charge < -0.3 is 10.1 Å². The average molecular weight is 389 g/mol. The first-order chi connectivity index (χ1) is 13.6. The van der Waals surface area contributed by atoms with Crippen molar-refractivity contribution < 1.29 is 9.53 Å². The summed E-state index contributed by atoms with van der Waals surface area (Å²) in [6, 6.07) is 4.49. The molecule has 0 spiro atoms. The zero-order valence-corrected chi connectivity index (χ0v) is 17.5. The minimum Gasteiger partial charge on any atom is -0.379 e. The molecular formula is C22H36N4O2. The van der Waals surface area contributed by atoms with Crippen LogP contribution in [0.4, 0.5) is 0 Å². The third-order valence-electron chi connectivity index (χ3n) is 5.82. The lowest BCUT2D eigenvalue weighted by Crippen LogP contribution is -2.51. The van der Waals surface area contributed by atoms with E-state index in [2.05, 4.69) is 40.0 Å². The monoisotopic (exact) mass is 388 g/mol. The molecular weight excluding hydrogens is 352 g/mol. The van der Waals surface area contributed by atoms with Crippen LogP contribution in [0.3, 0.4) is 0 Å². The van der Waals surface area contributed by atoms with Crippen molar-refractivity contribution in [2.45, 2.75) is 45.7 Å². The van der Waals surface area contributed by atoms with Crippen molar-refractivity contribution in [3.63, 3.8) is 0 Å². The fourth-order valence-electron chi connectivity index (χ4n) is 4.37. The number of carbonyl (C=O) groups is 1. The van der Waals surface area contributed by atoms with E-state index in [0.29, 0.717) is 12.0 Å². The number of likely N-dealkylation sites (tertiary alicyclic amines) is 1. The number of amides is 1. The molecule has 1 N–H and O–H groups in total. The highest BCUT2D eigenvalue weighted by Crippen LogP contribution is 2.19. The molecule has 0 saturated carbocycles. The predicted octanol–water partition coefficient (Wildman–Crippen LogP) is 2.16. The Hall–Kier alpha value is -1.50. The Morgan fingerprint density at radius 2 is 2.14 bits per heavy atom. The summed E-state index contributed by atoms with van der Waals surface area (Å²) in [7, 11) is 0. The van der Waals surface area contributed by atoms with Crippen molar-refractivity contribution >= 4 is 5.91 Å². The number of ether oxygens (including phenoxy) is 1. The topological polar surface area (TPSA) is 57.7 Å². The number of carbonyl (C=O) groups excluding carboxylic acids is 1. The number of morpholine rings is 1. The van der Waals surface area contributed by atoms with Crippen LogP contribution in [0.25, 0.3) is 0 Å². The fourth-order valence-corrected chi connectivity index (χ4v) is 4.37. The highest BCUT2D eigenvalue weighted by molar-refractivity contribution is 5.79. The first-order valence-electron chi connectivity index (χ1n) is 10.8. The number of nitrogens with one attached hydrogen (secondary N) is 1. The van der Waals surface area contributed by atoms with Gasteiger partial charge >= 0.3 is 0 Å². The Bertz CT molecular complexity index is 589. The van der Waals surface area contributed by atoms with E-state index < -0.39 is 0 Å². The molecule has 1 aromatic rings. The smallest absolute Gasteiger partial charge is 0.224 e. The van der Waals surface area contributed by atoms with E-state index in [4.69, 9.17) is 4.74 Å². The molecule has 2 fully saturated rings. The summed E-state index contributed by atoms with van der Waals surface area (Å²) in [4.78, 5) is 22.0. The van der Waals surface area contributed by atoms with Gasteiger partial charge in [0, 0.05) is 51.2 Å². The maximum atomic E-state index is 12.9. The van der Waals surface area contributed by atoms with E-state index in [1.54, 1.807) is 6.20 Å². The number of hydrogen-bond acceptors (Lipinski definition) is 5. The SMILES string of the molecule is CC(C)C[C@@H](CNC(=O)[C@H]1CCCN(Cc2cccnc2)C1)N1CCOCC1. The van der Waals surface area contributed by atoms with E-state index in [0.717, 1.165) is 71.7 Å². The lowest BCUT2D eigenvalue weighted by molar-refractivity contribution is -0.127. The Morgan fingerprint density at radius 1 is 1.32 bits per heavy atom. The summed E-state index contributed by atoms with van der Waals surface area (Å²) in [6.45, 7) is 11.6. The Balaban J connectivity index is 1.49.